The molecule has 0 unspecified atom stereocenters. The summed E-state index contributed by atoms with van der Waals surface area (Å²) >= 11 is 0. The van der Waals surface area contributed by atoms with Crippen molar-refractivity contribution in [1.82, 2.24) is 14.9 Å². The molecule has 1 aromatic carbocycles. The molecule has 0 bridgehead atoms. The predicted octanol–water partition coefficient (Wildman–Crippen LogP) is 2.60. The molecule has 1 aromatic heterocycles. The van der Waals surface area contributed by atoms with Crippen molar-refractivity contribution >= 4 is 0 Å². The van der Waals surface area contributed by atoms with Crippen molar-refractivity contribution < 1.29 is 9.13 Å². The molecule has 2 aromatic rings. The minimum Gasteiger partial charge on any atom is -0.488 e. The maximum atomic E-state index is 13.9. The SMILES string of the molecule is CCCNCc1cccc(F)c1OCCn1ccnc1. The number of hydrogen-bond donors (Lipinski definition) is 1. The van der Waals surface area contributed by atoms with E-state index >= 15 is 0 Å². The van der Waals surface area contributed by atoms with Crippen molar-refractivity contribution in [3.63, 3.8) is 0 Å². The monoisotopic (exact) mass is 277 g/mol. The molecule has 0 amide bonds. The molecule has 1 N–H and O–H groups in total. The number of halogens is 1. The maximum absolute atomic E-state index is 13.9. The summed E-state index contributed by atoms with van der Waals surface area (Å²) in [5.41, 5.74) is 0.851. The smallest absolute Gasteiger partial charge is 0.165 e. The van der Waals surface area contributed by atoms with Crippen molar-refractivity contribution in [3.8, 4) is 5.75 Å². The van der Waals surface area contributed by atoms with Crippen LogP contribution in [0, 0.1) is 5.82 Å². The average molecular weight is 277 g/mol. The van der Waals surface area contributed by atoms with E-state index in [1.165, 1.54) is 6.07 Å². The van der Waals surface area contributed by atoms with Gasteiger partial charge in [0.15, 0.2) is 11.6 Å². The predicted molar refractivity (Wildman–Crippen MR) is 76.1 cm³/mol. The van der Waals surface area contributed by atoms with E-state index in [2.05, 4.69) is 17.2 Å². The second kappa shape index (κ2) is 7.65. The highest BCUT2D eigenvalue weighted by atomic mass is 19.1. The molecule has 0 saturated heterocycles. The van der Waals surface area contributed by atoms with Crippen LogP contribution in [0.1, 0.15) is 18.9 Å². The molecule has 0 fully saturated rings. The molecule has 2 rings (SSSR count). The summed E-state index contributed by atoms with van der Waals surface area (Å²) in [6.07, 6.45) is 6.33. The lowest BCUT2D eigenvalue weighted by molar-refractivity contribution is 0.280. The zero-order chi connectivity index (χ0) is 14.2. The van der Waals surface area contributed by atoms with Crippen LogP contribution in [0.2, 0.25) is 0 Å². The first kappa shape index (κ1) is 14.5. The third kappa shape index (κ3) is 4.06. The molecule has 5 heteroatoms. The van der Waals surface area contributed by atoms with Crippen molar-refractivity contribution in [2.45, 2.75) is 26.4 Å². The van der Waals surface area contributed by atoms with Crippen molar-refractivity contribution in [1.29, 1.82) is 0 Å². The van der Waals surface area contributed by atoms with E-state index in [1.54, 1.807) is 18.6 Å². The van der Waals surface area contributed by atoms with Crippen LogP contribution in [0.5, 0.6) is 5.75 Å². The number of imidazole rings is 1. The third-order valence-electron chi connectivity index (χ3n) is 2.95. The molecular formula is C15H20FN3O. The Bertz CT molecular complexity index is 514. The van der Waals surface area contributed by atoms with Crippen molar-refractivity contribution in [3.05, 3.63) is 48.3 Å². The van der Waals surface area contributed by atoms with E-state index in [9.17, 15) is 4.39 Å². The van der Waals surface area contributed by atoms with E-state index < -0.39 is 0 Å². The van der Waals surface area contributed by atoms with E-state index in [4.69, 9.17) is 4.74 Å². The molecule has 20 heavy (non-hydrogen) atoms. The van der Waals surface area contributed by atoms with Gasteiger partial charge in [0.1, 0.15) is 6.61 Å². The van der Waals surface area contributed by atoms with Gasteiger partial charge in [-0.1, -0.05) is 19.1 Å². The maximum Gasteiger partial charge on any atom is 0.165 e. The zero-order valence-corrected chi connectivity index (χ0v) is 11.7. The normalized spacial score (nSPS) is 10.7. The number of hydrogen-bond acceptors (Lipinski definition) is 3. The van der Waals surface area contributed by atoms with Crippen molar-refractivity contribution in [2.24, 2.45) is 0 Å². The zero-order valence-electron chi connectivity index (χ0n) is 11.7. The van der Waals surface area contributed by atoms with Gasteiger partial charge in [0, 0.05) is 24.5 Å². The number of ether oxygens (including phenoxy) is 1. The molecule has 4 nitrogen and oxygen atoms in total. The first-order chi connectivity index (χ1) is 9.81. The molecule has 0 atom stereocenters. The summed E-state index contributed by atoms with van der Waals surface area (Å²) < 4.78 is 21.4. The molecule has 0 aliphatic heterocycles. The van der Waals surface area contributed by atoms with Crippen LogP contribution in [0.15, 0.2) is 36.9 Å². The summed E-state index contributed by atoms with van der Waals surface area (Å²) in [4.78, 5) is 3.96. The largest absolute Gasteiger partial charge is 0.488 e. The van der Waals surface area contributed by atoms with Crippen LogP contribution >= 0.6 is 0 Å². The Labute approximate surface area is 118 Å². The Morgan fingerprint density at radius 2 is 2.30 bits per heavy atom. The number of nitrogens with one attached hydrogen (secondary N) is 1. The fourth-order valence-corrected chi connectivity index (χ4v) is 1.93. The molecule has 1 heterocycles. The van der Waals surface area contributed by atoms with Gasteiger partial charge in [-0.3, -0.25) is 0 Å². The second-order valence-electron chi connectivity index (χ2n) is 4.55. The highest BCUT2D eigenvalue weighted by Gasteiger charge is 2.09. The molecular weight excluding hydrogens is 257 g/mol. The summed E-state index contributed by atoms with van der Waals surface area (Å²) in [5.74, 6) is 0.0302. The van der Waals surface area contributed by atoms with E-state index in [1.807, 2.05) is 16.8 Å². The number of rotatable bonds is 8. The number of benzene rings is 1. The molecule has 0 saturated carbocycles. The summed E-state index contributed by atoms with van der Waals surface area (Å²) in [5, 5.41) is 3.26. The van der Waals surface area contributed by atoms with Crippen LogP contribution in [0.25, 0.3) is 0 Å². The van der Waals surface area contributed by atoms with Gasteiger partial charge in [-0.05, 0) is 19.0 Å². The van der Waals surface area contributed by atoms with Crippen LogP contribution in [0.3, 0.4) is 0 Å². The van der Waals surface area contributed by atoms with Crippen molar-refractivity contribution in [2.75, 3.05) is 13.2 Å². The van der Waals surface area contributed by atoms with Gasteiger partial charge in [-0.25, -0.2) is 9.37 Å². The van der Waals surface area contributed by atoms with E-state index in [0.717, 1.165) is 18.5 Å². The number of nitrogens with zero attached hydrogens (tertiary/aromatic N) is 2. The summed E-state index contributed by atoms with van der Waals surface area (Å²) in [7, 11) is 0. The van der Waals surface area contributed by atoms with Gasteiger partial charge in [0.25, 0.3) is 0 Å². The highest BCUT2D eigenvalue weighted by Crippen LogP contribution is 2.22. The van der Waals surface area contributed by atoms with Gasteiger partial charge in [-0.15, -0.1) is 0 Å². The van der Waals surface area contributed by atoms with Gasteiger partial charge < -0.3 is 14.6 Å². The Morgan fingerprint density at radius 3 is 3.05 bits per heavy atom. The van der Waals surface area contributed by atoms with Gasteiger partial charge in [0.2, 0.25) is 0 Å². The van der Waals surface area contributed by atoms with Gasteiger partial charge >= 0.3 is 0 Å². The quantitative estimate of drug-likeness (QED) is 0.754. The van der Waals surface area contributed by atoms with E-state index in [-0.39, 0.29) is 5.82 Å². The highest BCUT2D eigenvalue weighted by molar-refractivity contribution is 5.34. The average Bonchev–Trinajstić information content (AvgIpc) is 2.95. The molecule has 108 valence electrons. The van der Waals surface area contributed by atoms with E-state index in [0.29, 0.717) is 25.4 Å². The lowest BCUT2D eigenvalue weighted by Crippen LogP contribution is -2.16. The summed E-state index contributed by atoms with van der Waals surface area (Å²) in [6, 6.07) is 5.02. The lowest BCUT2D eigenvalue weighted by Gasteiger charge is -2.13. The van der Waals surface area contributed by atoms with Gasteiger partial charge in [0.05, 0.1) is 12.9 Å². The molecule has 0 aliphatic carbocycles. The third-order valence-corrected chi connectivity index (χ3v) is 2.95. The van der Waals surface area contributed by atoms with Gasteiger partial charge in [-0.2, -0.15) is 0 Å². The fourth-order valence-electron chi connectivity index (χ4n) is 1.93. The molecule has 0 aliphatic rings. The Hall–Kier alpha value is -1.88. The lowest BCUT2D eigenvalue weighted by atomic mass is 10.2. The first-order valence-corrected chi connectivity index (χ1v) is 6.88. The van der Waals surface area contributed by atoms with Crippen LogP contribution in [-0.4, -0.2) is 22.7 Å². The first-order valence-electron chi connectivity index (χ1n) is 6.88. The standard InChI is InChI=1S/C15H20FN3O/c1-2-6-17-11-13-4-3-5-14(16)15(13)20-10-9-19-8-7-18-12-19/h3-5,7-8,12,17H,2,6,9-11H2,1H3. The van der Waals surface area contributed by atoms with Crippen LogP contribution < -0.4 is 10.1 Å². The number of para-hydroxylation sites is 1. The molecule has 0 spiro atoms. The minimum absolute atomic E-state index is 0.313. The topological polar surface area (TPSA) is 39.1 Å². The fraction of sp³-hybridized carbons (Fsp3) is 0.400. The molecule has 0 radical (unpaired) electrons. The van der Waals surface area contributed by atoms with Crippen LogP contribution in [-0.2, 0) is 13.1 Å². The summed E-state index contributed by atoms with van der Waals surface area (Å²) in [6.45, 7) is 4.69. The Kier molecular flexibility index (Phi) is 5.55. The second-order valence-corrected chi connectivity index (χ2v) is 4.55. The number of aromatic nitrogens is 2. The Morgan fingerprint density at radius 1 is 1.40 bits per heavy atom. The Balaban J connectivity index is 1.94. The minimum atomic E-state index is -0.313. The van der Waals surface area contributed by atoms with Crippen LogP contribution in [0.4, 0.5) is 4.39 Å².